The molecule has 0 bridgehead atoms. The van der Waals surface area contributed by atoms with Crippen molar-refractivity contribution in [2.24, 2.45) is 0 Å². The smallest absolute Gasteiger partial charge is 0.255 e. The predicted molar refractivity (Wildman–Crippen MR) is 77.3 cm³/mol. The molecule has 2 rings (SSSR count). The number of anilines is 2. The molecule has 1 aromatic carbocycles. The number of carbonyl (C=O) groups excluding carboxylic acids is 1. The molecule has 6 heteroatoms. The number of nitrogens with zero attached hydrogens (tertiary/aromatic N) is 1. The summed E-state index contributed by atoms with van der Waals surface area (Å²) in [5, 5.41) is 2.77. The van der Waals surface area contributed by atoms with Crippen LogP contribution in [0.5, 0.6) is 5.75 Å². The highest BCUT2D eigenvalue weighted by Crippen LogP contribution is 2.24. The number of rotatable bonds is 3. The molecule has 0 saturated carbocycles. The van der Waals surface area contributed by atoms with Crippen LogP contribution in [0.25, 0.3) is 0 Å². The number of halogens is 1. The van der Waals surface area contributed by atoms with Crippen LogP contribution in [0.1, 0.15) is 10.4 Å². The number of hydrogen-bond donors (Lipinski definition) is 2. The Labute approximate surface area is 118 Å². The number of aromatic nitrogens is 1. The van der Waals surface area contributed by atoms with Crippen molar-refractivity contribution < 1.29 is 9.53 Å². The largest absolute Gasteiger partial charge is 0.497 e. The zero-order valence-electron chi connectivity index (χ0n) is 10.2. The van der Waals surface area contributed by atoms with E-state index < -0.39 is 0 Å². The van der Waals surface area contributed by atoms with Crippen molar-refractivity contribution in [1.82, 2.24) is 4.98 Å². The zero-order valence-corrected chi connectivity index (χ0v) is 11.8. The third-order valence-corrected chi connectivity index (χ3v) is 2.87. The van der Waals surface area contributed by atoms with Gasteiger partial charge in [0.2, 0.25) is 0 Å². The number of ether oxygens (including phenoxy) is 1. The Balaban J connectivity index is 2.21. The third-order valence-electron chi connectivity index (χ3n) is 2.41. The van der Waals surface area contributed by atoms with Gasteiger partial charge in [-0.2, -0.15) is 0 Å². The highest BCUT2D eigenvalue weighted by molar-refractivity contribution is 9.10. The first-order valence-electron chi connectivity index (χ1n) is 5.46. The van der Waals surface area contributed by atoms with Gasteiger partial charge in [0.1, 0.15) is 11.6 Å². The highest BCUT2D eigenvalue weighted by Gasteiger charge is 2.08. The average Bonchev–Trinajstić information content (AvgIpc) is 2.38. The molecule has 0 atom stereocenters. The van der Waals surface area contributed by atoms with Crippen molar-refractivity contribution in [2.75, 3.05) is 18.2 Å². The number of methoxy groups -OCH3 is 1. The van der Waals surface area contributed by atoms with E-state index in [0.29, 0.717) is 22.8 Å². The van der Waals surface area contributed by atoms with Crippen LogP contribution in [0.4, 0.5) is 11.5 Å². The molecule has 19 heavy (non-hydrogen) atoms. The van der Waals surface area contributed by atoms with E-state index in [4.69, 9.17) is 10.5 Å². The van der Waals surface area contributed by atoms with Crippen LogP contribution in [0, 0.1) is 0 Å². The molecule has 0 saturated heterocycles. The number of amides is 1. The molecule has 0 radical (unpaired) electrons. The van der Waals surface area contributed by atoms with Crippen molar-refractivity contribution in [1.29, 1.82) is 0 Å². The Morgan fingerprint density at radius 1 is 1.37 bits per heavy atom. The molecule has 0 spiro atoms. The fourth-order valence-corrected chi connectivity index (χ4v) is 2.02. The molecule has 1 aromatic heterocycles. The fraction of sp³-hybridized carbons (Fsp3) is 0.0769. The lowest BCUT2D eigenvalue weighted by atomic mass is 10.2. The van der Waals surface area contributed by atoms with E-state index in [2.05, 4.69) is 26.2 Å². The number of pyridine rings is 1. The van der Waals surface area contributed by atoms with Crippen LogP contribution < -0.4 is 15.8 Å². The predicted octanol–water partition coefficient (Wildman–Crippen LogP) is 2.69. The maximum Gasteiger partial charge on any atom is 0.255 e. The summed E-state index contributed by atoms with van der Waals surface area (Å²) in [6, 6.07) is 8.43. The summed E-state index contributed by atoms with van der Waals surface area (Å²) in [6.07, 6.45) is 1.49. The lowest BCUT2D eigenvalue weighted by Crippen LogP contribution is -2.12. The van der Waals surface area contributed by atoms with Gasteiger partial charge in [-0.3, -0.25) is 4.79 Å². The normalized spacial score (nSPS) is 10.0. The summed E-state index contributed by atoms with van der Waals surface area (Å²) in [5.74, 6) is 0.702. The van der Waals surface area contributed by atoms with E-state index in [-0.39, 0.29) is 5.91 Å². The lowest BCUT2D eigenvalue weighted by molar-refractivity contribution is 0.102. The van der Waals surface area contributed by atoms with Gasteiger partial charge in [0.05, 0.1) is 7.11 Å². The molecule has 0 aliphatic heterocycles. The van der Waals surface area contributed by atoms with Crippen molar-refractivity contribution in [3.8, 4) is 5.75 Å². The Morgan fingerprint density at radius 3 is 2.84 bits per heavy atom. The Morgan fingerprint density at radius 2 is 2.16 bits per heavy atom. The maximum absolute atomic E-state index is 12.0. The number of nitrogen functional groups attached to an aromatic ring is 1. The Bertz CT molecular complexity index is 617. The summed E-state index contributed by atoms with van der Waals surface area (Å²) in [6.45, 7) is 0. The van der Waals surface area contributed by atoms with E-state index in [9.17, 15) is 4.79 Å². The summed E-state index contributed by atoms with van der Waals surface area (Å²) in [7, 11) is 1.57. The van der Waals surface area contributed by atoms with Gasteiger partial charge in [-0.15, -0.1) is 0 Å². The third kappa shape index (κ3) is 3.45. The highest BCUT2D eigenvalue weighted by atomic mass is 79.9. The van der Waals surface area contributed by atoms with Gasteiger partial charge in [-0.05, 0) is 24.3 Å². The Kier molecular flexibility index (Phi) is 4.01. The quantitative estimate of drug-likeness (QED) is 0.911. The topological polar surface area (TPSA) is 77.2 Å². The minimum atomic E-state index is -0.255. The first-order chi connectivity index (χ1) is 9.08. The molecule has 3 N–H and O–H groups in total. The molecule has 0 fully saturated rings. The van der Waals surface area contributed by atoms with E-state index >= 15 is 0 Å². The van der Waals surface area contributed by atoms with Gasteiger partial charge in [-0.25, -0.2) is 4.98 Å². The van der Waals surface area contributed by atoms with E-state index in [1.807, 2.05) is 0 Å². The molecule has 0 unspecified atom stereocenters. The van der Waals surface area contributed by atoms with Gasteiger partial charge >= 0.3 is 0 Å². The van der Waals surface area contributed by atoms with E-state index in [0.717, 1.165) is 4.47 Å². The van der Waals surface area contributed by atoms with Crippen LogP contribution in [0.15, 0.2) is 41.0 Å². The summed E-state index contributed by atoms with van der Waals surface area (Å²) in [4.78, 5) is 15.9. The maximum atomic E-state index is 12.0. The Hall–Kier alpha value is -2.08. The number of hydrogen-bond acceptors (Lipinski definition) is 4. The van der Waals surface area contributed by atoms with Crippen LogP contribution in [0.2, 0.25) is 0 Å². The average molecular weight is 322 g/mol. The number of carbonyl (C=O) groups is 1. The van der Waals surface area contributed by atoms with Gasteiger partial charge in [0.25, 0.3) is 5.91 Å². The number of benzene rings is 1. The minimum absolute atomic E-state index is 0.255. The lowest BCUT2D eigenvalue weighted by Gasteiger charge is -2.08. The van der Waals surface area contributed by atoms with Gasteiger partial charge < -0.3 is 15.8 Å². The second-order valence-corrected chi connectivity index (χ2v) is 4.72. The van der Waals surface area contributed by atoms with E-state index in [1.54, 1.807) is 31.4 Å². The van der Waals surface area contributed by atoms with Crippen molar-refractivity contribution in [3.63, 3.8) is 0 Å². The van der Waals surface area contributed by atoms with Crippen LogP contribution in [-0.2, 0) is 0 Å². The number of nitrogens with two attached hydrogens (primary N) is 1. The molecule has 5 nitrogen and oxygen atoms in total. The van der Waals surface area contributed by atoms with Crippen molar-refractivity contribution in [3.05, 3.63) is 46.6 Å². The molecule has 0 aliphatic rings. The molecular formula is C13H12BrN3O2. The molecule has 98 valence electrons. The van der Waals surface area contributed by atoms with Gasteiger partial charge in [0.15, 0.2) is 0 Å². The van der Waals surface area contributed by atoms with E-state index in [1.165, 1.54) is 12.3 Å². The molecule has 1 amide bonds. The van der Waals surface area contributed by atoms with Gasteiger partial charge in [-0.1, -0.05) is 15.9 Å². The molecule has 1 heterocycles. The van der Waals surface area contributed by atoms with Crippen molar-refractivity contribution >= 4 is 33.3 Å². The summed E-state index contributed by atoms with van der Waals surface area (Å²) >= 11 is 3.35. The molecular weight excluding hydrogens is 310 g/mol. The summed E-state index contributed by atoms with van der Waals surface area (Å²) in [5.41, 5.74) is 6.62. The summed E-state index contributed by atoms with van der Waals surface area (Å²) < 4.78 is 5.95. The molecule has 0 aliphatic carbocycles. The van der Waals surface area contributed by atoms with Crippen LogP contribution in [-0.4, -0.2) is 18.0 Å². The first-order valence-corrected chi connectivity index (χ1v) is 6.25. The van der Waals surface area contributed by atoms with Crippen LogP contribution >= 0.6 is 15.9 Å². The minimum Gasteiger partial charge on any atom is -0.497 e. The second kappa shape index (κ2) is 5.71. The number of nitrogens with one attached hydrogen (secondary N) is 1. The molecule has 2 aromatic rings. The van der Waals surface area contributed by atoms with Crippen molar-refractivity contribution in [2.45, 2.75) is 0 Å². The van der Waals surface area contributed by atoms with Crippen LogP contribution in [0.3, 0.4) is 0 Å². The fourth-order valence-electron chi connectivity index (χ4n) is 1.55. The standard InChI is InChI=1S/C13H12BrN3O2/c1-19-11-6-9(14)5-10(7-11)17-13(18)8-2-3-16-12(15)4-8/h2-7H,1H3,(H2,15,16)(H,17,18). The zero-order chi connectivity index (χ0) is 13.8. The first kappa shape index (κ1) is 13.4. The second-order valence-electron chi connectivity index (χ2n) is 3.80. The van der Waals surface area contributed by atoms with Gasteiger partial charge in [0, 0.05) is 28.0 Å². The SMILES string of the molecule is COc1cc(Br)cc(NC(=O)c2ccnc(N)c2)c1. The monoisotopic (exact) mass is 321 g/mol.